The first-order chi connectivity index (χ1) is 6.45. The molecule has 1 aromatic heterocycles. The average molecular weight is 206 g/mol. The molecule has 78 valence electrons. The molecule has 0 fully saturated rings. The molecule has 6 heteroatoms. The highest BCUT2D eigenvalue weighted by Gasteiger charge is 2.39. The van der Waals surface area contributed by atoms with Crippen molar-refractivity contribution in [3.63, 3.8) is 0 Å². The van der Waals surface area contributed by atoms with Crippen LogP contribution in [-0.2, 0) is 6.42 Å². The SMILES string of the molecule is CCc1ncc(C(O)C(F)(F)F)cn1. The summed E-state index contributed by atoms with van der Waals surface area (Å²) in [6, 6.07) is 0. The first-order valence-electron chi connectivity index (χ1n) is 4.00. The summed E-state index contributed by atoms with van der Waals surface area (Å²) in [4.78, 5) is 7.32. The van der Waals surface area contributed by atoms with Gasteiger partial charge >= 0.3 is 6.18 Å². The number of aromatic nitrogens is 2. The van der Waals surface area contributed by atoms with Gasteiger partial charge in [-0.25, -0.2) is 9.97 Å². The van der Waals surface area contributed by atoms with Gasteiger partial charge in [-0.2, -0.15) is 13.2 Å². The minimum Gasteiger partial charge on any atom is -0.379 e. The van der Waals surface area contributed by atoms with Crippen molar-refractivity contribution in [1.29, 1.82) is 0 Å². The Morgan fingerprint density at radius 2 is 1.86 bits per heavy atom. The molecular weight excluding hydrogens is 197 g/mol. The first kappa shape index (κ1) is 10.9. The van der Waals surface area contributed by atoms with Crippen LogP contribution in [0, 0.1) is 0 Å². The highest BCUT2D eigenvalue weighted by atomic mass is 19.4. The second-order valence-electron chi connectivity index (χ2n) is 2.73. The molecular formula is C8H9F3N2O. The van der Waals surface area contributed by atoms with Gasteiger partial charge in [0.1, 0.15) is 5.82 Å². The Bertz CT molecular complexity index is 296. The molecule has 3 nitrogen and oxygen atoms in total. The van der Waals surface area contributed by atoms with Gasteiger partial charge in [0, 0.05) is 24.4 Å². The zero-order valence-corrected chi connectivity index (χ0v) is 7.41. The van der Waals surface area contributed by atoms with Crippen LogP contribution in [0.5, 0.6) is 0 Å². The molecule has 1 heterocycles. The number of nitrogens with zero attached hydrogens (tertiary/aromatic N) is 2. The van der Waals surface area contributed by atoms with E-state index in [9.17, 15) is 13.2 Å². The van der Waals surface area contributed by atoms with Crippen LogP contribution in [0.25, 0.3) is 0 Å². The molecule has 0 saturated carbocycles. The van der Waals surface area contributed by atoms with Crippen LogP contribution in [-0.4, -0.2) is 21.3 Å². The number of hydrogen-bond donors (Lipinski definition) is 1. The molecule has 0 aliphatic heterocycles. The third-order valence-electron chi connectivity index (χ3n) is 1.67. The summed E-state index contributed by atoms with van der Waals surface area (Å²) >= 11 is 0. The van der Waals surface area contributed by atoms with E-state index >= 15 is 0 Å². The van der Waals surface area contributed by atoms with Crippen molar-refractivity contribution in [2.75, 3.05) is 0 Å². The Labute approximate surface area is 78.6 Å². The van der Waals surface area contributed by atoms with Gasteiger partial charge in [0.2, 0.25) is 0 Å². The lowest BCUT2D eigenvalue weighted by Crippen LogP contribution is -2.20. The van der Waals surface area contributed by atoms with Gasteiger partial charge in [0.05, 0.1) is 0 Å². The molecule has 1 aromatic rings. The van der Waals surface area contributed by atoms with Crippen molar-refractivity contribution >= 4 is 0 Å². The lowest BCUT2D eigenvalue weighted by Gasteiger charge is -2.13. The summed E-state index contributed by atoms with van der Waals surface area (Å²) in [7, 11) is 0. The predicted octanol–water partition coefficient (Wildman–Crippen LogP) is 1.63. The summed E-state index contributed by atoms with van der Waals surface area (Å²) in [5, 5.41) is 8.82. The highest BCUT2D eigenvalue weighted by Crippen LogP contribution is 2.31. The predicted molar refractivity (Wildman–Crippen MR) is 42.4 cm³/mol. The van der Waals surface area contributed by atoms with E-state index in [4.69, 9.17) is 5.11 Å². The maximum atomic E-state index is 12.0. The number of halogens is 3. The van der Waals surface area contributed by atoms with Crippen molar-refractivity contribution in [2.24, 2.45) is 0 Å². The monoisotopic (exact) mass is 206 g/mol. The molecule has 1 N–H and O–H groups in total. The number of hydrogen-bond acceptors (Lipinski definition) is 3. The Balaban J connectivity index is 2.87. The van der Waals surface area contributed by atoms with Gasteiger partial charge in [0.25, 0.3) is 0 Å². The largest absolute Gasteiger partial charge is 0.418 e. The number of aliphatic hydroxyl groups excluding tert-OH is 1. The van der Waals surface area contributed by atoms with E-state index in [2.05, 4.69) is 9.97 Å². The Morgan fingerprint density at radius 1 is 1.36 bits per heavy atom. The van der Waals surface area contributed by atoms with Crippen LogP contribution in [0.3, 0.4) is 0 Å². The summed E-state index contributed by atoms with van der Waals surface area (Å²) in [5.74, 6) is 0.447. The lowest BCUT2D eigenvalue weighted by molar-refractivity contribution is -0.207. The van der Waals surface area contributed by atoms with Crippen LogP contribution in [0.4, 0.5) is 13.2 Å². The second-order valence-corrected chi connectivity index (χ2v) is 2.73. The van der Waals surface area contributed by atoms with Crippen LogP contribution in [0.2, 0.25) is 0 Å². The van der Waals surface area contributed by atoms with Crippen molar-refractivity contribution in [1.82, 2.24) is 9.97 Å². The number of rotatable bonds is 2. The van der Waals surface area contributed by atoms with E-state index in [1.807, 2.05) is 0 Å². The first-order valence-corrected chi connectivity index (χ1v) is 4.00. The summed E-state index contributed by atoms with van der Waals surface area (Å²) in [5.41, 5.74) is -0.338. The van der Waals surface area contributed by atoms with E-state index in [0.717, 1.165) is 12.4 Å². The van der Waals surface area contributed by atoms with Gasteiger partial charge in [0.15, 0.2) is 6.10 Å². The van der Waals surface area contributed by atoms with Crippen molar-refractivity contribution < 1.29 is 18.3 Å². The third-order valence-corrected chi connectivity index (χ3v) is 1.67. The molecule has 0 aliphatic rings. The molecule has 1 unspecified atom stereocenters. The molecule has 1 atom stereocenters. The zero-order valence-electron chi connectivity index (χ0n) is 7.41. The van der Waals surface area contributed by atoms with E-state index < -0.39 is 12.3 Å². The molecule has 0 spiro atoms. The second kappa shape index (κ2) is 3.91. The molecule has 1 rings (SSSR count). The Hall–Kier alpha value is -1.17. The molecule has 0 saturated heterocycles. The fourth-order valence-corrected chi connectivity index (χ4v) is 0.878. The fraction of sp³-hybridized carbons (Fsp3) is 0.500. The highest BCUT2D eigenvalue weighted by molar-refractivity contribution is 5.10. The fourth-order valence-electron chi connectivity index (χ4n) is 0.878. The minimum atomic E-state index is -4.67. The molecule has 0 bridgehead atoms. The molecule has 0 aromatic carbocycles. The Kier molecular flexibility index (Phi) is 3.05. The van der Waals surface area contributed by atoms with E-state index in [0.29, 0.717) is 12.2 Å². The molecule has 0 radical (unpaired) electrons. The topological polar surface area (TPSA) is 46.0 Å². The van der Waals surface area contributed by atoms with Crippen molar-refractivity contribution in [3.8, 4) is 0 Å². The number of alkyl halides is 3. The van der Waals surface area contributed by atoms with E-state index in [1.54, 1.807) is 6.92 Å². The van der Waals surface area contributed by atoms with Gasteiger partial charge < -0.3 is 5.11 Å². The molecule has 0 amide bonds. The van der Waals surface area contributed by atoms with E-state index in [1.165, 1.54) is 0 Å². The van der Waals surface area contributed by atoms with Gasteiger partial charge in [-0.1, -0.05) is 6.92 Å². The molecule has 0 aliphatic carbocycles. The maximum Gasteiger partial charge on any atom is 0.418 e. The van der Waals surface area contributed by atoms with Crippen LogP contribution < -0.4 is 0 Å². The molecule has 14 heavy (non-hydrogen) atoms. The van der Waals surface area contributed by atoms with Gasteiger partial charge in [-0.05, 0) is 0 Å². The lowest BCUT2D eigenvalue weighted by atomic mass is 10.2. The number of aryl methyl sites for hydroxylation is 1. The standard InChI is InChI=1S/C8H9F3N2O/c1-2-6-12-3-5(4-13-6)7(14)8(9,10)11/h3-4,7,14H,2H2,1H3. The zero-order chi connectivity index (χ0) is 10.8. The van der Waals surface area contributed by atoms with Gasteiger partial charge in [-0.15, -0.1) is 0 Å². The maximum absolute atomic E-state index is 12.0. The summed E-state index contributed by atoms with van der Waals surface area (Å²) in [6.45, 7) is 1.79. The Morgan fingerprint density at radius 3 is 2.21 bits per heavy atom. The summed E-state index contributed by atoms with van der Waals surface area (Å²) < 4.78 is 36.0. The minimum absolute atomic E-state index is 0.338. The van der Waals surface area contributed by atoms with Crippen LogP contribution in [0.15, 0.2) is 12.4 Å². The normalized spacial score (nSPS) is 14.1. The van der Waals surface area contributed by atoms with E-state index in [-0.39, 0.29) is 5.56 Å². The van der Waals surface area contributed by atoms with Gasteiger partial charge in [-0.3, -0.25) is 0 Å². The van der Waals surface area contributed by atoms with Crippen molar-refractivity contribution in [3.05, 3.63) is 23.8 Å². The average Bonchev–Trinajstić information content (AvgIpc) is 2.15. The quantitative estimate of drug-likeness (QED) is 0.799. The van der Waals surface area contributed by atoms with Crippen molar-refractivity contribution in [2.45, 2.75) is 25.6 Å². The van der Waals surface area contributed by atoms with Crippen LogP contribution >= 0.6 is 0 Å². The number of aliphatic hydroxyl groups is 1. The smallest absolute Gasteiger partial charge is 0.379 e. The van der Waals surface area contributed by atoms with Crippen LogP contribution in [0.1, 0.15) is 24.4 Å². The summed E-state index contributed by atoms with van der Waals surface area (Å²) in [6.07, 6.45) is -4.65. The third kappa shape index (κ3) is 2.41.